The third kappa shape index (κ3) is 4.94. The summed E-state index contributed by atoms with van der Waals surface area (Å²) in [5.74, 6) is 0.171. The van der Waals surface area contributed by atoms with Crippen LogP contribution in [0.5, 0.6) is 0 Å². The lowest BCUT2D eigenvalue weighted by Gasteiger charge is -2.29. The van der Waals surface area contributed by atoms with Gasteiger partial charge in [0.05, 0.1) is 12.0 Å². The topological polar surface area (TPSA) is 61.5 Å². The van der Waals surface area contributed by atoms with Crippen LogP contribution in [0.4, 0.5) is 0 Å². The van der Waals surface area contributed by atoms with E-state index in [-0.39, 0.29) is 24.1 Å². The zero-order chi connectivity index (χ0) is 13.5. The molecule has 4 nitrogen and oxygen atoms in total. The Morgan fingerprint density at radius 2 is 2.00 bits per heavy atom. The van der Waals surface area contributed by atoms with Crippen molar-refractivity contribution in [2.45, 2.75) is 58.2 Å². The molecule has 0 aromatic rings. The minimum Gasteiger partial charge on any atom is -0.462 e. The zero-order valence-corrected chi connectivity index (χ0v) is 11.9. The highest BCUT2D eigenvalue weighted by Gasteiger charge is 2.27. The minimum absolute atomic E-state index is 0.0115. The van der Waals surface area contributed by atoms with E-state index in [1.54, 1.807) is 7.11 Å². The molecule has 0 radical (unpaired) electrons. The van der Waals surface area contributed by atoms with E-state index in [9.17, 15) is 4.79 Å². The minimum atomic E-state index is -0.159. The van der Waals surface area contributed by atoms with Crippen molar-refractivity contribution in [2.75, 3.05) is 13.7 Å². The summed E-state index contributed by atoms with van der Waals surface area (Å²) in [5, 5.41) is 0. The molecule has 0 aromatic carbocycles. The number of methoxy groups -OCH3 is 1. The van der Waals surface area contributed by atoms with Crippen molar-refractivity contribution >= 4 is 5.97 Å². The quantitative estimate of drug-likeness (QED) is 0.740. The van der Waals surface area contributed by atoms with Gasteiger partial charge in [0.25, 0.3) is 0 Å². The van der Waals surface area contributed by atoms with Crippen LogP contribution in [0.25, 0.3) is 0 Å². The number of nitrogens with two attached hydrogens (primary N) is 1. The highest BCUT2D eigenvalue weighted by atomic mass is 16.5. The lowest BCUT2D eigenvalue weighted by molar-refractivity contribution is -0.157. The number of hydrogen-bond acceptors (Lipinski definition) is 4. The van der Waals surface area contributed by atoms with E-state index in [2.05, 4.69) is 13.8 Å². The van der Waals surface area contributed by atoms with Crippen molar-refractivity contribution in [1.29, 1.82) is 0 Å². The Morgan fingerprint density at radius 1 is 1.33 bits per heavy atom. The molecule has 1 fully saturated rings. The largest absolute Gasteiger partial charge is 0.462 e. The molecule has 1 rings (SSSR count). The molecule has 3 atom stereocenters. The fraction of sp³-hybridized carbons (Fsp3) is 0.929. The lowest BCUT2D eigenvalue weighted by Crippen LogP contribution is -2.34. The fourth-order valence-corrected chi connectivity index (χ4v) is 2.54. The second-order valence-corrected chi connectivity index (χ2v) is 5.65. The summed E-state index contributed by atoms with van der Waals surface area (Å²) in [7, 11) is 1.72. The average molecular weight is 257 g/mol. The maximum Gasteiger partial charge on any atom is 0.310 e. The maximum atomic E-state index is 12.0. The molecule has 18 heavy (non-hydrogen) atoms. The van der Waals surface area contributed by atoms with Crippen molar-refractivity contribution in [1.82, 2.24) is 0 Å². The van der Waals surface area contributed by atoms with Gasteiger partial charge in [-0.1, -0.05) is 13.8 Å². The Balaban J connectivity index is 2.42. The molecule has 1 saturated carbocycles. The Kier molecular flexibility index (Phi) is 6.65. The van der Waals surface area contributed by atoms with Gasteiger partial charge in [0, 0.05) is 20.1 Å². The maximum absolute atomic E-state index is 12.0. The summed E-state index contributed by atoms with van der Waals surface area (Å²) in [4.78, 5) is 12.0. The van der Waals surface area contributed by atoms with E-state index in [0.29, 0.717) is 12.5 Å². The number of hydrogen-bond donors (Lipinski definition) is 1. The van der Waals surface area contributed by atoms with E-state index >= 15 is 0 Å². The molecule has 0 aromatic heterocycles. The molecule has 1 aliphatic rings. The Bertz CT molecular complexity index is 255. The molecule has 3 unspecified atom stereocenters. The average Bonchev–Trinajstić information content (AvgIpc) is 2.35. The van der Waals surface area contributed by atoms with Crippen LogP contribution in [-0.2, 0) is 14.3 Å². The van der Waals surface area contributed by atoms with Gasteiger partial charge in [-0.25, -0.2) is 0 Å². The predicted molar refractivity (Wildman–Crippen MR) is 71.1 cm³/mol. The van der Waals surface area contributed by atoms with E-state index in [1.165, 1.54) is 0 Å². The third-order valence-electron chi connectivity index (χ3n) is 3.57. The van der Waals surface area contributed by atoms with Crippen LogP contribution >= 0.6 is 0 Å². The van der Waals surface area contributed by atoms with E-state index in [1.807, 2.05) is 0 Å². The van der Waals surface area contributed by atoms with Crippen molar-refractivity contribution in [2.24, 2.45) is 17.6 Å². The third-order valence-corrected chi connectivity index (χ3v) is 3.57. The molecular weight excluding hydrogens is 230 g/mol. The monoisotopic (exact) mass is 257 g/mol. The molecular formula is C14H27NO3. The standard InChI is InChI=1S/C14H27NO3/c1-10(2)7-11(9-15)14(16)18-13-6-4-5-12(8-13)17-3/h10-13H,4-9,15H2,1-3H3. The van der Waals surface area contributed by atoms with E-state index < -0.39 is 0 Å². The van der Waals surface area contributed by atoms with Gasteiger partial charge in [-0.05, 0) is 31.6 Å². The highest BCUT2D eigenvalue weighted by molar-refractivity contribution is 5.72. The normalized spacial score (nSPS) is 26.1. The van der Waals surface area contributed by atoms with E-state index in [0.717, 1.165) is 32.1 Å². The van der Waals surface area contributed by atoms with Gasteiger partial charge in [0.2, 0.25) is 0 Å². The van der Waals surface area contributed by atoms with Gasteiger partial charge in [-0.3, -0.25) is 4.79 Å². The van der Waals surface area contributed by atoms with Crippen LogP contribution in [0.2, 0.25) is 0 Å². The first-order valence-corrected chi connectivity index (χ1v) is 7.00. The second-order valence-electron chi connectivity index (χ2n) is 5.65. The van der Waals surface area contributed by atoms with Crippen LogP contribution in [0.3, 0.4) is 0 Å². The zero-order valence-electron chi connectivity index (χ0n) is 11.9. The first kappa shape index (κ1) is 15.4. The number of rotatable bonds is 6. The molecule has 0 aliphatic heterocycles. The summed E-state index contributed by atoms with van der Waals surface area (Å²) >= 11 is 0. The Morgan fingerprint density at radius 3 is 2.56 bits per heavy atom. The first-order valence-electron chi connectivity index (χ1n) is 7.00. The number of esters is 1. The van der Waals surface area contributed by atoms with Crippen LogP contribution in [0.1, 0.15) is 46.0 Å². The molecule has 0 heterocycles. The molecule has 106 valence electrons. The SMILES string of the molecule is COC1CCCC(OC(=O)C(CN)CC(C)C)C1. The molecule has 0 saturated heterocycles. The van der Waals surface area contributed by atoms with Crippen LogP contribution < -0.4 is 5.73 Å². The molecule has 2 N–H and O–H groups in total. The highest BCUT2D eigenvalue weighted by Crippen LogP contribution is 2.24. The van der Waals surface area contributed by atoms with Gasteiger partial charge >= 0.3 is 5.97 Å². The van der Waals surface area contributed by atoms with Crippen LogP contribution in [0.15, 0.2) is 0 Å². The van der Waals surface area contributed by atoms with Gasteiger partial charge in [-0.15, -0.1) is 0 Å². The summed E-state index contributed by atoms with van der Waals surface area (Å²) in [5.41, 5.74) is 5.66. The first-order chi connectivity index (χ1) is 8.56. The van der Waals surface area contributed by atoms with Gasteiger partial charge in [-0.2, -0.15) is 0 Å². The van der Waals surface area contributed by atoms with Crippen LogP contribution in [-0.4, -0.2) is 31.8 Å². The molecule has 0 amide bonds. The van der Waals surface area contributed by atoms with Gasteiger partial charge < -0.3 is 15.2 Å². The predicted octanol–water partition coefficient (Wildman–Crippen LogP) is 2.11. The summed E-state index contributed by atoms with van der Waals surface area (Å²) in [6.45, 7) is 4.56. The fourth-order valence-electron chi connectivity index (χ4n) is 2.54. The summed E-state index contributed by atoms with van der Waals surface area (Å²) < 4.78 is 10.9. The van der Waals surface area contributed by atoms with Crippen molar-refractivity contribution < 1.29 is 14.3 Å². The van der Waals surface area contributed by atoms with Crippen molar-refractivity contribution in [3.8, 4) is 0 Å². The molecule has 0 spiro atoms. The molecule has 4 heteroatoms. The number of carbonyl (C=O) groups is 1. The van der Waals surface area contributed by atoms with Crippen LogP contribution in [0, 0.1) is 11.8 Å². The molecule has 1 aliphatic carbocycles. The summed E-state index contributed by atoms with van der Waals surface area (Å²) in [6, 6.07) is 0. The Hall–Kier alpha value is -0.610. The van der Waals surface area contributed by atoms with E-state index in [4.69, 9.17) is 15.2 Å². The smallest absolute Gasteiger partial charge is 0.310 e. The Labute approximate surface area is 110 Å². The van der Waals surface area contributed by atoms with Gasteiger partial charge in [0.1, 0.15) is 6.10 Å². The summed E-state index contributed by atoms with van der Waals surface area (Å²) in [6.07, 6.45) is 4.95. The van der Waals surface area contributed by atoms with Gasteiger partial charge in [0.15, 0.2) is 0 Å². The molecule has 0 bridgehead atoms. The van der Waals surface area contributed by atoms with Crippen molar-refractivity contribution in [3.05, 3.63) is 0 Å². The second kappa shape index (κ2) is 7.74. The number of ether oxygens (including phenoxy) is 2. The lowest BCUT2D eigenvalue weighted by atomic mass is 9.94. The number of carbonyl (C=O) groups excluding carboxylic acids is 1. The van der Waals surface area contributed by atoms with Crippen molar-refractivity contribution in [3.63, 3.8) is 0 Å².